The predicted molar refractivity (Wildman–Crippen MR) is 68.6 cm³/mol. The lowest BCUT2D eigenvalue weighted by Gasteiger charge is -2.23. The fraction of sp³-hybridized carbons (Fsp3) is 0.429. The molecular formula is C14H16FN3O. The number of carbonyl (C=O) groups is 1. The second-order valence-corrected chi connectivity index (χ2v) is 4.70. The summed E-state index contributed by atoms with van der Waals surface area (Å²) in [4.78, 5) is 13.7. The smallest absolute Gasteiger partial charge is 0.237 e. The highest BCUT2D eigenvalue weighted by Gasteiger charge is 2.29. The van der Waals surface area contributed by atoms with Crippen molar-refractivity contribution in [2.75, 3.05) is 13.6 Å². The molecule has 5 heteroatoms. The number of nitrogens with zero attached hydrogens (tertiary/aromatic N) is 2. The van der Waals surface area contributed by atoms with Gasteiger partial charge in [0.15, 0.2) is 0 Å². The van der Waals surface area contributed by atoms with Crippen molar-refractivity contribution < 1.29 is 9.18 Å². The Hall–Kier alpha value is -1.93. The van der Waals surface area contributed by atoms with E-state index in [0.29, 0.717) is 12.1 Å². The second kappa shape index (κ2) is 5.81. The number of hydrogen-bond donors (Lipinski definition) is 1. The molecule has 1 aromatic carbocycles. The van der Waals surface area contributed by atoms with Gasteiger partial charge >= 0.3 is 0 Å². The van der Waals surface area contributed by atoms with Crippen LogP contribution < -0.4 is 5.32 Å². The SMILES string of the molecule is CNC(=O)C1CCCN1Cc1cc(F)cc(C#N)c1. The molecule has 1 heterocycles. The highest BCUT2D eigenvalue weighted by Crippen LogP contribution is 2.21. The lowest BCUT2D eigenvalue weighted by atomic mass is 10.1. The minimum Gasteiger partial charge on any atom is -0.358 e. The summed E-state index contributed by atoms with van der Waals surface area (Å²) in [5.74, 6) is -0.417. The zero-order valence-electron chi connectivity index (χ0n) is 10.8. The Balaban J connectivity index is 2.14. The van der Waals surface area contributed by atoms with Gasteiger partial charge < -0.3 is 5.32 Å². The molecule has 0 aromatic heterocycles. The van der Waals surface area contributed by atoms with Crippen LogP contribution in [0.3, 0.4) is 0 Å². The highest BCUT2D eigenvalue weighted by atomic mass is 19.1. The van der Waals surface area contributed by atoms with Crippen LogP contribution in [0.5, 0.6) is 0 Å². The molecule has 1 aliphatic rings. The molecule has 1 fully saturated rings. The van der Waals surface area contributed by atoms with Gasteiger partial charge in [-0.25, -0.2) is 4.39 Å². The average Bonchev–Trinajstić information content (AvgIpc) is 2.85. The van der Waals surface area contributed by atoms with Crippen LogP contribution in [0.4, 0.5) is 4.39 Å². The minimum absolute atomic E-state index is 0.00518. The average molecular weight is 261 g/mol. The number of nitrogens with one attached hydrogen (secondary N) is 1. The van der Waals surface area contributed by atoms with Gasteiger partial charge in [0.1, 0.15) is 5.82 Å². The molecule has 0 bridgehead atoms. The Morgan fingerprint density at radius 3 is 3.05 bits per heavy atom. The van der Waals surface area contributed by atoms with Gasteiger partial charge in [-0.05, 0) is 43.1 Å². The van der Waals surface area contributed by atoms with Crippen molar-refractivity contribution in [1.29, 1.82) is 5.26 Å². The van der Waals surface area contributed by atoms with Gasteiger partial charge in [0.05, 0.1) is 17.7 Å². The number of halogens is 1. The van der Waals surface area contributed by atoms with E-state index in [1.165, 1.54) is 12.1 Å². The van der Waals surface area contributed by atoms with E-state index >= 15 is 0 Å². The van der Waals surface area contributed by atoms with Crippen LogP contribution in [-0.4, -0.2) is 30.4 Å². The molecule has 1 saturated heterocycles. The summed E-state index contributed by atoms with van der Waals surface area (Å²) in [6.45, 7) is 1.31. The number of amides is 1. The van der Waals surface area contributed by atoms with E-state index in [2.05, 4.69) is 5.32 Å². The van der Waals surface area contributed by atoms with Gasteiger partial charge in [0, 0.05) is 13.6 Å². The zero-order chi connectivity index (χ0) is 13.8. The maximum atomic E-state index is 13.4. The van der Waals surface area contributed by atoms with Crippen molar-refractivity contribution in [3.05, 3.63) is 35.1 Å². The van der Waals surface area contributed by atoms with Crippen LogP contribution >= 0.6 is 0 Å². The van der Waals surface area contributed by atoms with Gasteiger partial charge in [0.25, 0.3) is 0 Å². The Kier molecular flexibility index (Phi) is 4.13. The molecule has 1 N–H and O–H groups in total. The third-order valence-corrected chi connectivity index (χ3v) is 3.39. The summed E-state index contributed by atoms with van der Waals surface area (Å²) in [6, 6.07) is 6.08. The number of rotatable bonds is 3. The maximum absolute atomic E-state index is 13.4. The first-order chi connectivity index (χ1) is 9.13. The molecule has 0 aliphatic carbocycles. The molecule has 0 saturated carbocycles. The van der Waals surface area contributed by atoms with Crippen LogP contribution in [0.1, 0.15) is 24.0 Å². The standard InChI is InChI=1S/C14H16FN3O/c1-17-14(19)13-3-2-4-18(13)9-11-5-10(8-16)6-12(15)7-11/h5-7,13H,2-4,9H2,1H3,(H,17,19). The first kappa shape index (κ1) is 13.5. The van der Waals surface area contributed by atoms with Crippen molar-refractivity contribution in [3.8, 4) is 6.07 Å². The second-order valence-electron chi connectivity index (χ2n) is 4.70. The molecule has 0 radical (unpaired) electrons. The van der Waals surface area contributed by atoms with E-state index in [9.17, 15) is 9.18 Å². The quantitative estimate of drug-likeness (QED) is 0.895. The molecule has 4 nitrogen and oxygen atoms in total. The van der Waals surface area contributed by atoms with Crippen LogP contribution in [0.25, 0.3) is 0 Å². The van der Waals surface area contributed by atoms with Crippen LogP contribution in [0.15, 0.2) is 18.2 Å². The first-order valence-corrected chi connectivity index (χ1v) is 6.29. The summed E-state index contributed by atoms with van der Waals surface area (Å²) in [5, 5.41) is 11.5. The van der Waals surface area contributed by atoms with E-state index < -0.39 is 5.82 Å². The zero-order valence-corrected chi connectivity index (χ0v) is 10.8. The van der Waals surface area contributed by atoms with E-state index in [0.717, 1.165) is 24.9 Å². The summed E-state index contributed by atoms with van der Waals surface area (Å²) >= 11 is 0. The number of benzene rings is 1. The normalized spacial score (nSPS) is 19.1. The van der Waals surface area contributed by atoms with Crippen molar-refractivity contribution in [2.24, 2.45) is 0 Å². The third-order valence-electron chi connectivity index (χ3n) is 3.39. The van der Waals surface area contributed by atoms with E-state index in [-0.39, 0.29) is 11.9 Å². The van der Waals surface area contributed by atoms with Crippen molar-refractivity contribution in [3.63, 3.8) is 0 Å². The molecular weight excluding hydrogens is 245 g/mol. The fourth-order valence-electron chi connectivity index (χ4n) is 2.52. The predicted octanol–water partition coefficient (Wildman–Crippen LogP) is 1.41. The van der Waals surface area contributed by atoms with Crippen LogP contribution in [0, 0.1) is 17.1 Å². The summed E-state index contributed by atoms with van der Waals surface area (Å²) in [5.41, 5.74) is 1.04. The molecule has 1 aliphatic heterocycles. The first-order valence-electron chi connectivity index (χ1n) is 6.29. The largest absolute Gasteiger partial charge is 0.358 e. The van der Waals surface area contributed by atoms with Crippen molar-refractivity contribution in [2.45, 2.75) is 25.4 Å². The van der Waals surface area contributed by atoms with E-state index in [4.69, 9.17) is 5.26 Å². The number of likely N-dealkylation sites (N-methyl/N-ethyl adjacent to an activating group) is 1. The third kappa shape index (κ3) is 3.09. The Labute approximate surface area is 111 Å². The Morgan fingerprint density at radius 1 is 1.58 bits per heavy atom. The summed E-state index contributed by atoms with van der Waals surface area (Å²) in [7, 11) is 1.62. The van der Waals surface area contributed by atoms with Crippen LogP contribution in [0.2, 0.25) is 0 Å². The molecule has 1 amide bonds. The molecule has 0 spiro atoms. The maximum Gasteiger partial charge on any atom is 0.237 e. The van der Waals surface area contributed by atoms with Gasteiger partial charge in [-0.3, -0.25) is 9.69 Å². The lowest BCUT2D eigenvalue weighted by Crippen LogP contribution is -2.41. The van der Waals surface area contributed by atoms with E-state index in [1.54, 1.807) is 13.1 Å². The van der Waals surface area contributed by atoms with Crippen molar-refractivity contribution in [1.82, 2.24) is 10.2 Å². The van der Waals surface area contributed by atoms with Crippen LogP contribution in [-0.2, 0) is 11.3 Å². The van der Waals surface area contributed by atoms with Gasteiger partial charge in [-0.15, -0.1) is 0 Å². The van der Waals surface area contributed by atoms with Crippen molar-refractivity contribution >= 4 is 5.91 Å². The number of hydrogen-bond acceptors (Lipinski definition) is 3. The minimum atomic E-state index is -0.412. The highest BCUT2D eigenvalue weighted by molar-refractivity contribution is 5.81. The number of likely N-dealkylation sites (tertiary alicyclic amines) is 1. The summed E-state index contributed by atoms with van der Waals surface area (Å²) < 4.78 is 13.4. The fourth-order valence-corrected chi connectivity index (χ4v) is 2.52. The molecule has 1 unspecified atom stereocenters. The molecule has 19 heavy (non-hydrogen) atoms. The monoisotopic (exact) mass is 261 g/mol. The molecule has 1 aromatic rings. The Morgan fingerprint density at radius 2 is 2.37 bits per heavy atom. The topological polar surface area (TPSA) is 56.1 Å². The van der Waals surface area contributed by atoms with Gasteiger partial charge in [-0.1, -0.05) is 0 Å². The van der Waals surface area contributed by atoms with Gasteiger partial charge in [0.2, 0.25) is 5.91 Å². The lowest BCUT2D eigenvalue weighted by molar-refractivity contribution is -0.125. The molecule has 2 rings (SSSR count). The molecule has 1 atom stereocenters. The Bertz CT molecular complexity index is 524. The number of carbonyl (C=O) groups excluding carboxylic acids is 1. The molecule has 100 valence electrons. The summed E-state index contributed by atoms with van der Waals surface area (Å²) in [6.07, 6.45) is 1.78. The van der Waals surface area contributed by atoms with E-state index in [1.807, 2.05) is 11.0 Å². The van der Waals surface area contributed by atoms with Gasteiger partial charge in [-0.2, -0.15) is 5.26 Å². The number of nitriles is 1.